The SMILES string of the molecule is Cc1c(N)cccc1S(=O)(=O)NC1CCOC(C)C1. The van der Waals surface area contributed by atoms with Gasteiger partial charge < -0.3 is 10.5 Å². The smallest absolute Gasteiger partial charge is 0.241 e. The van der Waals surface area contributed by atoms with Gasteiger partial charge in [-0.25, -0.2) is 13.1 Å². The molecule has 3 N–H and O–H groups in total. The second-order valence-electron chi connectivity index (χ2n) is 4.99. The zero-order valence-corrected chi connectivity index (χ0v) is 12.0. The van der Waals surface area contributed by atoms with Crippen LogP contribution in [0.4, 0.5) is 5.69 Å². The third kappa shape index (κ3) is 3.26. The first-order valence-corrected chi connectivity index (χ1v) is 7.87. The average Bonchev–Trinajstić information content (AvgIpc) is 2.32. The Kier molecular flexibility index (Phi) is 4.13. The van der Waals surface area contributed by atoms with E-state index in [2.05, 4.69) is 4.72 Å². The highest BCUT2D eigenvalue weighted by molar-refractivity contribution is 7.89. The highest BCUT2D eigenvalue weighted by Gasteiger charge is 2.26. The minimum atomic E-state index is -3.52. The van der Waals surface area contributed by atoms with Crippen LogP contribution in [0.3, 0.4) is 0 Å². The van der Waals surface area contributed by atoms with Gasteiger partial charge in [-0.15, -0.1) is 0 Å². The van der Waals surface area contributed by atoms with Crippen molar-refractivity contribution in [2.24, 2.45) is 0 Å². The van der Waals surface area contributed by atoms with Crippen molar-refractivity contribution >= 4 is 15.7 Å². The van der Waals surface area contributed by atoms with Gasteiger partial charge in [-0.1, -0.05) is 6.07 Å². The van der Waals surface area contributed by atoms with Crippen molar-refractivity contribution < 1.29 is 13.2 Å². The maximum absolute atomic E-state index is 12.4. The number of rotatable bonds is 3. The number of hydrogen-bond acceptors (Lipinski definition) is 4. The summed E-state index contributed by atoms with van der Waals surface area (Å²) in [6, 6.07) is 4.86. The third-order valence-electron chi connectivity index (χ3n) is 3.42. The molecule has 1 saturated heterocycles. The molecule has 2 atom stereocenters. The van der Waals surface area contributed by atoms with E-state index in [4.69, 9.17) is 10.5 Å². The van der Waals surface area contributed by atoms with Crippen LogP contribution in [-0.2, 0) is 14.8 Å². The normalized spacial score (nSPS) is 24.3. The van der Waals surface area contributed by atoms with Crippen LogP contribution in [0.25, 0.3) is 0 Å². The van der Waals surface area contributed by atoms with E-state index in [1.54, 1.807) is 25.1 Å². The van der Waals surface area contributed by atoms with Gasteiger partial charge in [0.15, 0.2) is 0 Å². The molecule has 106 valence electrons. The molecule has 0 radical (unpaired) electrons. The lowest BCUT2D eigenvalue weighted by Gasteiger charge is -2.28. The molecule has 0 aliphatic carbocycles. The van der Waals surface area contributed by atoms with E-state index in [-0.39, 0.29) is 17.0 Å². The lowest BCUT2D eigenvalue weighted by Crippen LogP contribution is -2.41. The molecule has 1 aromatic carbocycles. The number of hydrogen-bond donors (Lipinski definition) is 2. The predicted molar refractivity (Wildman–Crippen MR) is 74.3 cm³/mol. The van der Waals surface area contributed by atoms with Gasteiger partial charge in [0.2, 0.25) is 10.0 Å². The molecule has 1 heterocycles. The molecule has 19 heavy (non-hydrogen) atoms. The van der Waals surface area contributed by atoms with Gasteiger partial charge >= 0.3 is 0 Å². The maximum atomic E-state index is 12.4. The Morgan fingerprint density at radius 2 is 2.16 bits per heavy atom. The molecule has 1 aliphatic rings. The molecule has 6 heteroatoms. The summed E-state index contributed by atoms with van der Waals surface area (Å²) in [5.41, 5.74) is 6.84. The summed E-state index contributed by atoms with van der Waals surface area (Å²) < 4.78 is 32.9. The molecular weight excluding hydrogens is 264 g/mol. The van der Waals surface area contributed by atoms with Crippen LogP contribution in [0.5, 0.6) is 0 Å². The number of ether oxygens (including phenoxy) is 1. The Balaban J connectivity index is 2.20. The van der Waals surface area contributed by atoms with E-state index < -0.39 is 10.0 Å². The first-order valence-electron chi connectivity index (χ1n) is 6.39. The summed E-state index contributed by atoms with van der Waals surface area (Å²) in [6.45, 7) is 4.26. The molecule has 2 unspecified atom stereocenters. The molecule has 0 aromatic heterocycles. The molecule has 1 fully saturated rings. The van der Waals surface area contributed by atoms with E-state index >= 15 is 0 Å². The fourth-order valence-corrected chi connectivity index (χ4v) is 3.87. The number of benzene rings is 1. The summed E-state index contributed by atoms with van der Waals surface area (Å²) in [7, 11) is -3.52. The zero-order chi connectivity index (χ0) is 14.0. The quantitative estimate of drug-likeness (QED) is 0.823. The van der Waals surface area contributed by atoms with Crippen molar-refractivity contribution in [1.82, 2.24) is 4.72 Å². The molecule has 1 aromatic rings. The largest absolute Gasteiger partial charge is 0.398 e. The first kappa shape index (κ1) is 14.3. The standard InChI is InChI=1S/C13H20N2O3S/c1-9-8-11(6-7-18-9)15-19(16,17)13-5-3-4-12(14)10(13)2/h3-5,9,11,15H,6-8,14H2,1-2H3. The number of nitrogen functional groups attached to an aromatic ring is 1. The van der Waals surface area contributed by atoms with Gasteiger partial charge in [-0.05, 0) is 44.4 Å². The van der Waals surface area contributed by atoms with E-state index in [1.165, 1.54) is 0 Å². The maximum Gasteiger partial charge on any atom is 0.241 e. The fraction of sp³-hybridized carbons (Fsp3) is 0.538. The van der Waals surface area contributed by atoms with Crippen LogP contribution < -0.4 is 10.5 Å². The Bertz CT molecular complexity index is 557. The summed E-state index contributed by atoms with van der Waals surface area (Å²) >= 11 is 0. The molecule has 0 bridgehead atoms. The molecule has 5 nitrogen and oxygen atoms in total. The van der Waals surface area contributed by atoms with Crippen LogP contribution in [0.2, 0.25) is 0 Å². The van der Waals surface area contributed by atoms with E-state index in [1.807, 2.05) is 6.92 Å². The molecule has 1 aliphatic heterocycles. The fourth-order valence-electron chi connectivity index (χ4n) is 2.31. The van der Waals surface area contributed by atoms with Crippen LogP contribution >= 0.6 is 0 Å². The topological polar surface area (TPSA) is 81.4 Å². The van der Waals surface area contributed by atoms with Crippen molar-refractivity contribution in [3.63, 3.8) is 0 Å². The van der Waals surface area contributed by atoms with Gasteiger partial charge in [0.25, 0.3) is 0 Å². The average molecular weight is 284 g/mol. The second-order valence-corrected chi connectivity index (χ2v) is 6.68. The van der Waals surface area contributed by atoms with Crippen LogP contribution in [0.1, 0.15) is 25.3 Å². The number of nitrogens with one attached hydrogen (secondary N) is 1. The van der Waals surface area contributed by atoms with Crippen molar-refractivity contribution in [3.05, 3.63) is 23.8 Å². The number of anilines is 1. The Morgan fingerprint density at radius 3 is 2.84 bits per heavy atom. The van der Waals surface area contributed by atoms with Crippen molar-refractivity contribution in [2.75, 3.05) is 12.3 Å². The van der Waals surface area contributed by atoms with Crippen molar-refractivity contribution in [1.29, 1.82) is 0 Å². The summed E-state index contributed by atoms with van der Waals surface area (Å²) in [5, 5.41) is 0. The zero-order valence-electron chi connectivity index (χ0n) is 11.2. The Labute approximate surface area is 114 Å². The Morgan fingerprint density at radius 1 is 1.42 bits per heavy atom. The first-order chi connectivity index (χ1) is 8.90. The Hall–Kier alpha value is -1.11. The number of nitrogens with two attached hydrogens (primary N) is 1. The third-order valence-corrected chi connectivity index (χ3v) is 5.09. The second kappa shape index (κ2) is 5.48. The number of sulfonamides is 1. The monoisotopic (exact) mass is 284 g/mol. The molecular formula is C13H20N2O3S. The molecule has 0 saturated carbocycles. The van der Waals surface area contributed by atoms with Crippen molar-refractivity contribution in [2.45, 2.75) is 43.7 Å². The molecule has 0 spiro atoms. The van der Waals surface area contributed by atoms with Crippen LogP contribution in [0.15, 0.2) is 23.1 Å². The summed E-state index contributed by atoms with van der Waals surface area (Å²) in [5.74, 6) is 0. The highest BCUT2D eigenvalue weighted by Crippen LogP contribution is 2.22. The summed E-state index contributed by atoms with van der Waals surface area (Å²) in [6.07, 6.45) is 1.48. The molecule has 0 amide bonds. The lowest BCUT2D eigenvalue weighted by molar-refractivity contribution is 0.0173. The van der Waals surface area contributed by atoms with Gasteiger partial charge in [0.05, 0.1) is 11.0 Å². The van der Waals surface area contributed by atoms with Gasteiger partial charge in [-0.3, -0.25) is 0 Å². The van der Waals surface area contributed by atoms with E-state index in [9.17, 15) is 8.42 Å². The molecule has 2 rings (SSSR count). The van der Waals surface area contributed by atoms with Crippen LogP contribution in [0, 0.1) is 6.92 Å². The minimum Gasteiger partial charge on any atom is -0.398 e. The van der Waals surface area contributed by atoms with Crippen molar-refractivity contribution in [3.8, 4) is 0 Å². The van der Waals surface area contributed by atoms with Gasteiger partial charge in [0.1, 0.15) is 0 Å². The van der Waals surface area contributed by atoms with E-state index in [0.717, 1.165) is 0 Å². The minimum absolute atomic E-state index is 0.0745. The lowest BCUT2D eigenvalue weighted by atomic mass is 10.1. The van der Waals surface area contributed by atoms with Gasteiger partial charge in [-0.2, -0.15) is 0 Å². The summed E-state index contributed by atoms with van der Waals surface area (Å²) in [4.78, 5) is 0.256. The highest BCUT2D eigenvalue weighted by atomic mass is 32.2. The van der Waals surface area contributed by atoms with Crippen LogP contribution in [-0.4, -0.2) is 27.2 Å². The predicted octanol–water partition coefficient (Wildman–Crippen LogP) is 1.42. The van der Waals surface area contributed by atoms with E-state index in [0.29, 0.717) is 30.7 Å². The van der Waals surface area contributed by atoms with Gasteiger partial charge in [0, 0.05) is 18.3 Å².